The Kier molecular flexibility index (Phi) is 2.74. The lowest BCUT2D eigenvalue weighted by molar-refractivity contribution is 0.276. The van der Waals surface area contributed by atoms with Crippen LogP contribution in [0.15, 0.2) is 42.7 Å². The number of nitrogens with zero attached hydrogens (tertiary/aromatic N) is 3. The number of hydrogen-bond donors (Lipinski definition) is 1. The smallest absolute Gasteiger partial charge is 0.0973 e. The zero-order valence-corrected chi connectivity index (χ0v) is 10.2. The third kappa shape index (κ3) is 1.75. The second-order valence-corrected chi connectivity index (χ2v) is 4.28. The summed E-state index contributed by atoms with van der Waals surface area (Å²) in [7, 11) is 0. The summed E-state index contributed by atoms with van der Waals surface area (Å²) in [6, 6.07) is 9.22. The highest BCUT2D eigenvalue weighted by molar-refractivity contribution is 6.35. The molecule has 90 valence electrons. The zero-order chi connectivity index (χ0) is 12.5. The van der Waals surface area contributed by atoms with Crippen molar-refractivity contribution < 1.29 is 5.11 Å². The largest absolute Gasteiger partial charge is 0.390 e. The van der Waals surface area contributed by atoms with E-state index in [9.17, 15) is 0 Å². The summed E-state index contributed by atoms with van der Waals surface area (Å²) in [5, 5.41) is 14.9. The van der Waals surface area contributed by atoms with Gasteiger partial charge in [0.25, 0.3) is 0 Å². The molecule has 0 aliphatic carbocycles. The topological polar surface area (TPSA) is 50.9 Å². The number of pyridine rings is 1. The van der Waals surface area contributed by atoms with Gasteiger partial charge in [0.05, 0.1) is 28.5 Å². The fraction of sp³-hybridized carbons (Fsp3) is 0.0769. The first-order chi connectivity index (χ1) is 8.79. The molecule has 2 heterocycles. The third-order valence-electron chi connectivity index (χ3n) is 2.75. The van der Waals surface area contributed by atoms with E-state index in [2.05, 4.69) is 10.1 Å². The lowest BCUT2D eigenvalue weighted by Gasteiger charge is -2.06. The van der Waals surface area contributed by atoms with E-state index in [1.54, 1.807) is 23.1 Å². The van der Waals surface area contributed by atoms with Crippen LogP contribution in [0.5, 0.6) is 0 Å². The van der Waals surface area contributed by atoms with Crippen molar-refractivity contribution in [3.63, 3.8) is 0 Å². The maximum atomic E-state index is 9.04. The van der Waals surface area contributed by atoms with Crippen LogP contribution >= 0.6 is 11.6 Å². The molecule has 0 aliphatic heterocycles. The molecular formula is C13H10ClN3O. The predicted octanol–water partition coefficient (Wildman–Crippen LogP) is 2.57. The quantitative estimate of drug-likeness (QED) is 0.770. The first-order valence-electron chi connectivity index (χ1n) is 5.48. The maximum absolute atomic E-state index is 9.04. The molecule has 5 heteroatoms. The van der Waals surface area contributed by atoms with Crippen molar-refractivity contribution in [1.82, 2.24) is 14.8 Å². The number of hydrogen-bond acceptors (Lipinski definition) is 3. The summed E-state index contributed by atoms with van der Waals surface area (Å²) < 4.78 is 1.69. The van der Waals surface area contributed by atoms with Crippen LogP contribution in [-0.4, -0.2) is 19.9 Å². The summed E-state index contributed by atoms with van der Waals surface area (Å²) in [6.07, 6.45) is 3.52. The van der Waals surface area contributed by atoms with Crippen molar-refractivity contribution in [2.24, 2.45) is 0 Å². The van der Waals surface area contributed by atoms with Gasteiger partial charge in [0.1, 0.15) is 0 Å². The molecule has 0 saturated carbocycles. The van der Waals surface area contributed by atoms with Crippen molar-refractivity contribution >= 4 is 22.5 Å². The predicted molar refractivity (Wildman–Crippen MR) is 69.8 cm³/mol. The highest BCUT2D eigenvalue weighted by Crippen LogP contribution is 2.26. The van der Waals surface area contributed by atoms with Gasteiger partial charge in [-0.3, -0.25) is 4.98 Å². The van der Waals surface area contributed by atoms with Gasteiger partial charge in [0.15, 0.2) is 0 Å². The monoisotopic (exact) mass is 259 g/mol. The number of rotatable bonds is 2. The molecule has 0 bridgehead atoms. The molecule has 0 spiro atoms. The number of aliphatic hydroxyl groups is 1. The number of halogens is 1. The molecule has 0 radical (unpaired) electrons. The van der Waals surface area contributed by atoms with E-state index in [4.69, 9.17) is 16.7 Å². The van der Waals surface area contributed by atoms with Gasteiger partial charge in [0, 0.05) is 17.8 Å². The minimum atomic E-state index is -0.0774. The van der Waals surface area contributed by atoms with Crippen molar-refractivity contribution in [3.8, 4) is 5.69 Å². The normalized spacial score (nSPS) is 11.0. The van der Waals surface area contributed by atoms with Crippen LogP contribution in [0.2, 0.25) is 5.02 Å². The molecule has 0 saturated heterocycles. The molecule has 3 aromatic rings. The maximum Gasteiger partial charge on any atom is 0.0973 e. The summed E-state index contributed by atoms with van der Waals surface area (Å²) >= 11 is 6.14. The van der Waals surface area contributed by atoms with Gasteiger partial charge < -0.3 is 5.11 Å². The minimum Gasteiger partial charge on any atom is -0.390 e. The SMILES string of the molecule is OCc1ccn(-c2ccc(Cl)c3cccnc23)n1. The Labute approximate surface area is 108 Å². The van der Waals surface area contributed by atoms with Crippen LogP contribution in [0.3, 0.4) is 0 Å². The van der Waals surface area contributed by atoms with E-state index < -0.39 is 0 Å². The van der Waals surface area contributed by atoms with Crippen molar-refractivity contribution in [2.45, 2.75) is 6.61 Å². The number of benzene rings is 1. The molecule has 18 heavy (non-hydrogen) atoms. The van der Waals surface area contributed by atoms with E-state index >= 15 is 0 Å². The van der Waals surface area contributed by atoms with Crippen molar-refractivity contribution in [2.75, 3.05) is 0 Å². The second-order valence-electron chi connectivity index (χ2n) is 3.88. The van der Waals surface area contributed by atoms with Gasteiger partial charge in [-0.05, 0) is 30.3 Å². The molecule has 2 aromatic heterocycles. The standard InChI is InChI=1S/C13H10ClN3O/c14-11-3-4-12(13-10(11)2-1-6-15-13)17-7-5-9(8-18)16-17/h1-7,18H,8H2. The molecule has 4 nitrogen and oxygen atoms in total. The summed E-state index contributed by atoms with van der Waals surface area (Å²) in [4.78, 5) is 4.35. The molecule has 0 aliphatic rings. The van der Waals surface area contributed by atoms with E-state index in [1.807, 2.05) is 24.3 Å². The Morgan fingerprint density at radius 3 is 2.89 bits per heavy atom. The lowest BCUT2D eigenvalue weighted by atomic mass is 10.2. The van der Waals surface area contributed by atoms with Crippen molar-refractivity contribution in [3.05, 3.63) is 53.4 Å². The van der Waals surface area contributed by atoms with Gasteiger partial charge in [-0.1, -0.05) is 11.6 Å². The van der Waals surface area contributed by atoms with Gasteiger partial charge in [-0.25, -0.2) is 4.68 Å². The van der Waals surface area contributed by atoms with Crippen molar-refractivity contribution in [1.29, 1.82) is 0 Å². The van der Waals surface area contributed by atoms with Crippen LogP contribution < -0.4 is 0 Å². The van der Waals surface area contributed by atoms with E-state index in [0.717, 1.165) is 16.6 Å². The first-order valence-corrected chi connectivity index (χ1v) is 5.86. The van der Waals surface area contributed by atoms with Gasteiger partial charge >= 0.3 is 0 Å². The van der Waals surface area contributed by atoms with Gasteiger partial charge in [-0.2, -0.15) is 5.10 Å². The van der Waals surface area contributed by atoms with Gasteiger partial charge in [-0.15, -0.1) is 0 Å². The fourth-order valence-electron chi connectivity index (χ4n) is 1.89. The van der Waals surface area contributed by atoms with Crippen LogP contribution in [0, 0.1) is 0 Å². The van der Waals surface area contributed by atoms with E-state index in [-0.39, 0.29) is 6.61 Å². The Morgan fingerprint density at radius 2 is 2.11 bits per heavy atom. The second kappa shape index (κ2) is 4.40. The fourth-order valence-corrected chi connectivity index (χ4v) is 2.10. The van der Waals surface area contributed by atoms with E-state index in [0.29, 0.717) is 10.7 Å². The Bertz CT molecular complexity index is 708. The number of aromatic nitrogens is 3. The molecule has 1 aromatic carbocycles. The Morgan fingerprint density at radius 1 is 1.22 bits per heavy atom. The van der Waals surface area contributed by atoms with Crippen LogP contribution in [-0.2, 0) is 6.61 Å². The van der Waals surface area contributed by atoms with E-state index in [1.165, 1.54) is 0 Å². The number of fused-ring (bicyclic) bond motifs is 1. The highest BCUT2D eigenvalue weighted by Gasteiger charge is 2.08. The molecule has 0 fully saturated rings. The molecule has 0 atom stereocenters. The van der Waals surface area contributed by atoms with Crippen LogP contribution in [0.25, 0.3) is 16.6 Å². The molecular weight excluding hydrogens is 250 g/mol. The Hall–Kier alpha value is -1.91. The highest BCUT2D eigenvalue weighted by atomic mass is 35.5. The molecule has 0 amide bonds. The summed E-state index contributed by atoms with van der Waals surface area (Å²) in [5.74, 6) is 0. The Balaban J connectivity index is 2.26. The summed E-state index contributed by atoms with van der Waals surface area (Å²) in [6.45, 7) is -0.0774. The van der Waals surface area contributed by atoms with Crippen LogP contribution in [0.1, 0.15) is 5.69 Å². The number of aliphatic hydroxyl groups excluding tert-OH is 1. The average Bonchev–Trinajstić information content (AvgIpc) is 2.88. The molecule has 0 unspecified atom stereocenters. The zero-order valence-electron chi connectivity index (χ0n) is 9.42. The molecule has 3 rings (SSSR count). The summed E-state index contributed by atoms with van der Waals surface area (Å²) in [5.41, 5.74) is 2.25. The first kappa shape index (κ1) is 11.2. The van der Waals surface area contributed by atoms with Gasteiger partial charge in [0.2, 0.25) is 0 Å². The lowest BCUT2D eigenvalue weighted by Crippen LogP contribution is -1.98. The van der Waals surface area contributed by atoms with Crippen LogP contribution in [0.4, 0.5) is 0 Å². The molecule has 1 N–H and O–H groups in total. The third-order valence-corrected chi connectivity index (χ3v) is 3.08. The minimum absolute atomic E-state index is 0.0774. The average molecular weight is 260 g/mol.